The molecule has 0 aromatic rings. The number of ether oxygens (including phenoxy) is 1. The van der Waals surface area contributed by atoms with Crippen LogP contribution in [0.5, 0.6) is 0 Å². The highest BCUT2D eigenvalue weighted by Crippen LogP contribution is 2.19. The van der Waals surface area contributed by atoms with Gasteiger partial charge in [-0.25, -0.2) is 0 Å². The number of hydrogen-bond acceptors (Lipinski definition) is 2. The van der Waals surface area contributed by atoms with Crippen LogP contribution in [0, 0.1) is 5.92 Å². The van der Waals surface area contributed by atoms with E-state index < -0.39 is 0 Å². The van der Waals surface area contributed by atoms with Crippen molar-refractivity contribution in [3.63, 3.8) is 0 Å². The van der Waals surface area contributed by atoms with Crippen LogP contribution in [0.3, 0.4) is 0 Å². The van der Waals surface area contributed by atoms with Crippen LogP contribution < -0.4 is 0 Å². The molecule has 0 heterocycles. The third-order valence-electron chi connectivity index (χ3n) is 2.85. The Kier molecular flexibility index (Phi) is 6.01. The zero-order valence-corrected chi connectivity index (χ0v) is 10.2. The second-order valence-electron chi connectivity index (χ2n) is 4.57. The van der Waals surface area contributed by atoms with E-state index in [1.807, 2.05) is 13.8 Å². The average molecular weight is 200 g/mol. The van der Waals surface area contributed by atoms with Gasteiger partial charge in [0.05, 0.1) is 5.60 Å². The van der Waals surface area contributed by atoms with E-state index >= 15 is 0 Å². The highest BCUT2D eigenvalue weighted by atomic mass is 16.5. The van der Waals surface area contributed by atoms with E-state index in [4.69, 9.17) is 4.74 Å². The predicted octanol–water partition coefficient (Wildman–Crippen LogP) is 3.20. The van der Waals surface area contributed by atoms with Crippen molar-refractivity contribution >= 4 is 5.78 Å². The molecule has 0 amide bonds. The Hall–Kier alpha value is -0.370. The molecule has 0 aromatic heterocycles. The zero-order chi connectivity index (χ0) is 11.2. The van der Waals surface area contributed by atoms with Crippen molar-refractivity contribution < 1.29 is 9.53 Å². The molecule has 0 radical (unpaired) electrons. The number of ketones is 1. The third-order valence-corrected chi connectivity index (χ3v) is 2.85. The van der Waals surface area contributed by atoms with Gasteiger partial charge in [-0.15, -0.1) is 0 Å². The summed E-state index contributed by atoms with van der Waals surface area (Å²) in [6.07, 6.45) is 3.42. The summed E-state index contributed by atoms with van der Waals surface area (Å²) in [7, 11) is 1.66. The first kappa shape index (κ1) is 13.6. The van der Waals surface area contributed by atoms with Gasteiger partial charge < -0.3 is 4.74 Å². The second kappa shape index (κ2) is 6.18. The average Bonchev–Trinajstić information content (AvgIpc) is 2.13. The first-order valence-corrected chi connectivity index (χ1v) is 5.52. The standard InChI is InChI=1S/C12H24O2/c1-6-10(7-2)8-11(13)9-12(3,4)14-5/h10H,6-9H2,1-5H3. The Morgan fingerprint density at radius 1 is 1.29 bits per heavy atom. The summed E-state index contributed by atoms with van der Waals surface area (Å²) in [6, 6.07) is 0. The van der Waals surface area contributed by atoms with Crippen molar-refractivity contribution in [2.24, 2.45) is 5.92 Å². The lowest BCUT2D eigenvalue weighted by Crippen LogP contribution is -2.27. The first-order chi connectivity index (χ1) is 6.45. The summed E-state index contributed by atoms with van der Waals surface area (Å²) >= 11 is 0. The van der Waals surface area contributed by atoms with E-state index in [-0.39, 0.29) is 5.60 Å². The second-order valence-corrected chi connectivity index (χ2v) is 4.57. The van der Waals surface area contributed by atoms with Crippen molar-refractivity contribution in [2.45, 2.75) is 59.0 Å². The molecule has 0 aliphatic heterocycles. The molecule has 0 saturated carbocycles. The fourth-order valence-electron chi connectivity index (χ4n) is 1.52. The van der Waals surface area contributed by atoms with Gasteiger partial charge in [0.15, 0.2) is 0 Å². The molecule has 0 aliphatic carbocycles. The van der Waals surface area contributed by atoms with Gasteiger partial charge in [0, 0.05) is 20.0 Å². The Balaban J connectivity index is 3.97. The molecule has 2 nitrogen and oxygen atoms in total. The van der Waals surface area contributed by atoms with Crippen molar-refractivity contribution in [1.29, 1.82) is 0 Å². The number of carbonyl (C=O) groups excluding carboxylic acids is 1. The van der Waals surface area contributed by atoms with E-state index in [1.165, 1.54) is 0 Å². The highest BCUT2D eigenvalue weighted by Gasteiger charge is 2.22. The lowest BCUT2D eigenvalue weighted by molar-refractivity contribution is -0.125. The quantitative estimate of drug-likeness (QED) is 0.631. The van der Waals surface area contributed by atoms with Gasteiger partial charge in [-0.3, -0.25) is 4.79 Å². The largest absolute Gasteiger partial charge is 0.378 e. The molecule has 0 unspecified atom stereocenters. The number of Topliss-reactive ketones (excluding diaryl/α,β-unsaturated/α-hetero) is 1. The minimum Gasteiger partial charge on any atom is -0.378 e. The lowest BCUT2D eigenvalue weighted by Gasteiger charge is -2.22. The Labute approximate surface area is 88.0 Å². The zero-order valence-electron chi connectivity index (χ0n) is 10.2. The van der Waals surface area contributed by atoms with Gasteiger partial charge in [-0.05, 0) is 19.8 Å². The van der Waals surface area contributed by atoms with Gasteiger partial charge in [0.1, 0.15) is 5.78 Å². The van der Waals surface area contributed by atoms with Crippen molar-refractivity contribution in [3.05, 3.63) is 0 Å². The van der Waals surface area contributed by atoms with Gasteiger partial charge in [-0.2, -0.15) is 0 Å². The molecule has 0 aliphatic rings. The molecule has 0 fully saturated rings. The van der Waals surface area contributed by atoms with Crippen LogP contribution in [0.25, 0.3) is 0 Å². The molecule has 0 spiro atoms. The number of carbonyl (C=O) groups is 1. The molecule has 0 bridgehead atoms. The minimum absolute atomic E-state index is 0.302. The van der Waals surface area contributed by atoms with Crippen LogP contribution in [0.15, 0.2) is 0 Å². The van der Waals surface area contributed by atoms with Crippen LogP contribution in [0.1, 0.15) is 53.4 Å². The van der Waals surface area contributed by atoms with Gasteiger partial charge in [-0.1, -0.05) is 26.7 Å². The summed E-state index contributed by atoms with van der Waals surface area (Å²) < 4.78 is 5.24. The number of hydrogen-bond donors (Lipinski definition) is 0. The lowest BCUT2D eigenvalue weighted by atomic mass is 9.92. The molecule has 84 valence electrons. The maximum absolute atomic E-state index is 11.7. The Morgan fingerprint density at radius 3 is 2.14 bits per heavy atom. The van der Waals surface area contributed by atoms with E-state index in [9.17, 15) is 4.79 Å². The van der Waals surface area contributed by atoms with Crippen LogP contribution >= 0.6 is 0 Å². The summed E-state index contributed by atoms with van der Waals surface area (Å²) in [6.45, 7) is 8.20. The van der Waals surface area contributed by atoms with E-state index in [2.05, 4.69) is 13.8 Å². The van der Waals surface area contributed by atoms with Crippen molar-refractivity contribution in [1.82, 2.24) is 0 Å². The monoisotopic (exact) mass is 200 g/mol. The van der Waals surface area contributed by atoms with Crippen LogP contribution in [-0.4, -0.2) is 18.5 Å². The summed E-state index contributed by atoms with van der Waals surface area (Å²) in [4.78, 5) is 11.7. The van der Waals surface area contributed by atoms with Gasteiger partial charge in [0.25, 0.3) is 0 Å². The third kappa shape index (κ3) is 5.38. The molecule has 0 N–H and O–H groups in total. The SMILES string of the molecule is CCC(CC)CC(=O)CC(C)(C)OC. The van der Waals surface area contributed by atoms with Crippen molar-refractivity contribution in [3.8, 4) is 0 Å². The maximum Gasteiger partial charge on any atom is 0.136 e. The summed E-state index contributed by atoms with van der Waals surface area (Å²) in [5.41, 5.74) is -0.302. The maximum atomic E-state index is 11.7. The number of rotatable bonds is 7. The van der Waals surface area contributed by atoms with Crippen LogP contribution in [0.4, 0.5) is 0 Å². The van der Waals surface area contributed by atoms with E-state index in [1.54, 1.807) is 7.11 Å². The molecule has 0 aromatic carbocycles. The normalized spacial score (nSPS) is 12.1. The minimum atomic E-state index is -0.302. The Morgan fingerprint density at radius 2 is 1.79 bits per heavy atom. The molecule has 14 heavy (non-hydrogen) atoms. The fraction of sp³-hybridized carbons (Fsp3) is 0.917. The fourth-order valence-corrected chi connectivity index (χ4v) is 1.52. The summed E-state index contributed by atoms with van der Waals surface area (Å²) in [5, 5.41) is 0. The molecular weight excluding hydrogens is 176 g/mol. The Bertz CT molecular complexity index is 169. The van der Waals surface area contributed by atoms with Gasteiger partial charge in [0.2, 0.25) is 0 Å². The first-order valence-electron chi connectivity index (χ1n) is 5.52. The topological polar surface area (TPSA) is 26.3 Å². The highest BCUT2D eigenvalue weighted by molar-refractivity contribution is 5.79. The molecule has 0 rings (SSSR count). The van der Waals surface area contributed by atoms with Crippen molar-refractivity contribution in [2.75, 3.05) is 7.11 Å². The van der Waals surface area contributed by atoms with E-state index in [0.717, 1.165) is 12.8 Å². The number of methoxy groups -OCH3 is 1. The van der Waals surface area contributed by atoms with Crippen LogP contribution in [-0.2, 0) is 9.53 Å². The van der Waals surface area contributed by atoms with Crippen LogP contribution in [0.2, 0.25) is 0 Å². The molecular formula is C12H24O2. The predicted molar refractivity (Wildman–Crippen MR) is 59.4 cm³/mol. The summed E-state index contributed by atoms with van der Waals surface area (Å²) in [5.74, 6) is 0.876. The van der Waals surface area contributed by atoms with Gasteiger partial charge >= 0.3 is 0 Å². The molecule has 0 atom stereocenters. The molecule has 2 heteroatoms. The molecule has 0 saturated heterocycles. The van der Waals surface area contributed by atoms with E-state index in [0.29, 0.717) is 24.5 Å². The smallest absolute Gasteiger partial charge is 0.136 e.